The van der Waals surface area contributed by atoms with Crippen LogP contribution in [0.1, 0.15) is 38.5 Å². The Kier molecular flexibility index (Phi) is 5.92. The molecule has 0 N–H and O–H groups in total. The van der Waals surface area contributed by atoms with Gasteiger partial charge in [-0.05, 0) is 24.5 Å². The highest BCUT2D eigenvalue weighted by molar-refractivity contribution is 5.94. The number of carbonyl (C=O) groups is 2. The Morgan fingerprint density at radius 1 is 1.21 bits per heavy atom. The van der Waals surface area contributed by atoms with Crippen LogP contribution in [0.5, 0.6) is 17.2 Å². The summed E-state index contributed by atoms with van der Waals surface area (Å²) < 4.78 is 22.2. The summed E-state index contributed by atoms with van der Waals surface area (Å²) in [5.74, 6) is 2.00. The number of methoxy groups -OCH3 is 1. The molecule has 1 fully saturated rings. The molecule has 1 saturated carbocycles. The lowest BCUT2D eigenvalue weighted by Gasteiger charge is -2.30. The second-order valence-electron chi connectivity index (χ2n) is 7.74. The molecule has 0 radical (unpaired) electrons. The van der Waals surface area contributed by atoms with E-state index in [0.717, 1.165) is 12.8 Å². The molecule has 0 bridgehead atoms. The maximum absolute atomic E-state index is 12.7. The molecule has 0 saturated heterocycles. The van der Waals surface area contributed by atoms with Crippen molar-refractivity contribution in [2.75, 3.05) is 26.9 Å². The number of benzene rings is 1. The summed E-state index contributed by atoms with van der Waals surface area (Å²) in [5, 5.41) is 0. The van der Waals surface area contributed by atoms with Gasteiger partial charge in [-0.15, -0.1) is 0 Å². The van der Waals surface area contributed by atoms with Gasteiger partial charge in [-0.3, -0.25) is 4.79 Å². The van der Waals surface area contributed by atoms with Crippen LogP contribution in [0.15, 0.2) is 30.0 Å². The normalized spacial score (nSPS) is 20.2. The van der Waals surface area contributed by atoms with Crippen molar-refractivity contribution in [3.63, 3.8) is 0 Å². The van der Waals surface area contributed by atoms with E-state index in [-0.39, 0.29) is 18.4 Å². The molecular weight excluding hydrogens is 374 g/mol. The molecule has 0 spiro atoms. The van der Waals surface area contributed by atoms with Gasteiger partial charge in [0.05, 0.1) is 13.7 Å². The van der Waals surface area contributed by atoms with Gasteiger partial charge in [-0.1, -0.05) is 38.2 Å². The van der Waals surface area contributed by atoms with Crippen LogP contribution in [0.3, 0.4) is 0 Å². The molecule has 1 atom stereocenters. The first-order chi connectivity index (χ1) is 14.2. The molecule has 1 aliphatic carbocycles. The molecule has 29 heavy (non-hydrogen) atoms. The van der Waals surface area contributed by atoms with Gasteiger partial charge in [0, 0.05) is 6.08 Å². The van der Waals surface area contributed by atoms with Crippen LogP contribution in [-0.2, 0) is 14.3 Å². The molecule has 1 aromatic carbocycles. The van der Waals surface area contributed by atoms with Gasteiger partial charge in [-0.2, -0.15) is 0 Å². The van der Waals surface area contributed by atoms with E-state index in [1.54, 1.807) is 11.0 Å². The SMILES string of the molecule is COC(=O)C(CC1CCCCC1)N1CC(Oc2cccc3c2OCCO3)=CC1=O. The van der Waals surface area contributed by atoms with Crippen molar-refractivity contribution in [2.24, 2.45) is 5.92 Å². The zero-order chi connectivity index (χ0) is 20.2. The van der Waals surface area contributed by atoms with Crippen LogP contribution in [-0.4, -0.2) is 49.7 Å². The van der Waals surface area contributed by atoms with E-state index in [1.807, 2.05) is 12.1 Å². The van der Waals surface area contributed by atoms with Gasteiger partial charge in [0.25, 0.3) is 5.91 Å². The largest absolute Gasteiger partial charge is 0.486 e. The molecule has 1 unspecified atom stereocenters. The summed E-state index contributed by atoms with van der Waals surface area (Å²) in [6.45, 7) is 1.17. The number of rotatable bonds is 6. The maximum atomic E-state index is 12.7. The third-order valence-electron chi connectivity index (χ3n) is 5.80. The zero-order valence-corrected chi connectivity index (χ0v) is 16.7. The van der Waals surface area contributed by atoms with Gasteiger partial charge >= 0.3 is 5.97 Å². The first kappa shape index (κ1) is 19.6. The number of fused-ring (bicyclic) bond motifs is 1. The van der Waals surface area contributed by atoms with Crippen LogP contribution >= 0.6 is 0 Å². The van der Waals surface area contributed by atoms with Crippen molar-refractivity contribution < 1.29 is 28.5 Å². The van der Waals surface area contributed by atoms with Gasteiger partial charge in [0.1, 0.15) is 25.0 Å². The van der Waals surface area contributed by atoms with Crippen LogP contribution in [0.4, 0.5) is 0 Å². The maximum Gasteiger partial charge on any atom is 0.328 e. The first-order valence-corrected chi connectivity index (χ1v) is 10.3. The van der Waals surface area contributed by atoms with Crippen molar-refractivity contribution >= 4 is 11.9 Å². The monoisotopic (exact) mass is 401 g/mol. The van der Waals surface area contributed by atoms with Gasteiger partial charge < -0.3 is 23.8 Å². The topological polar surface area (TPSA) is 74.3 Å². The van der Waals surface area contributed by atoms with E-state index < -0.39 is 6.04 Å². The lowest BCUT2D eigenvalue weighted by molar-refractivity contribution is -0.151. The van der Waals surface area contributed by atoms with Gasteiger partial charge in [0.15, 0.2) is 11.5 Å². The van der Waals surface area contributed by atoms with E-state index in [1.165, 1.54) is 32.4 Å². The molecule has 7 nitrogen and oxygen atoms in total. The lowest BCUT2D eigenvalue weighted by Crippen LogP contribution is -2.44. The number of amides is 1. The quantitative estimate of drug-likeness (QED) is 0.682. The number of ether oxygens (including phenoxy) is 4. The zero-order valence-electron chi connectivity index (χ0n) is 16.7. The molecule has 2 aliphatic heterocycles. The van der Waals surface area contributed by atoms with E-state index in [2.05, 4.69) is 0 Å². The predicted octanol–water partition coefficient (Wildman–Crippen LogP) is 3.07. The average molecular weight is 401 g/mol. The standard InChI is InChI=1S/C22H27NO6/c1-26-22(25)17(12-15-6-3-2-4-7-15)23-14-16(13-20(23)24)29-19-9-5-8-18-21(19)28-11-10-27-18/h5,8-9,13,15,17H,2-4,6-7,10-12,14H2,1H3. The minimum Gasteiger partial charge on any atom is -0.486 e. The highest BCUT2D eigenvalue weighted by Gasteiger charge is 2.37. The molecule has 2 heterocycles. The first-order valence-electron chi connectivity index (χ1n) is 10.3. The predicted molar refractivity (Wildman–Crippen MR) is 105 cm³/mol. The van der Waals surface area contributed by atoms with Crippen molar-refractivity contribution in [3.8, 4) is 17.2 Å². The number of carbonyl (C=O) groups excluding carboxylic acids is 2. The number of nitrogens with zero attached hydrogens (tertiary/aromatic N) is 1. The second kappa shape index (κ2) is 8.76. The molecule has 1 amide bonds. The fraction of sp³-hybridized carbons (Fsp3) is 0.545. The Morgan fingerprint density at radius 3 is 2.79 bits per heavy atom. The van der Waals surface area contributed by atoms with E-state index in [0.29, 0.717) is 48.6 Å². The van der Waals surface area contributed by atoms with Gasteiger partial charge in [0.2, 0.25) is 5.75 Å². The minimum atomic E-state index is -0.586. The van der Waals surface area contributed by atoms with E-state index in [9.17, 15) is 9.59 Å². The third-order valence-corrected chi connectivity index (χ3v) is 5.80. The highest BCUT2D eigenvalue weighted by atomic mass is 16.6. The Balaban J connectivity index is 1.46. The second-order valence-corrected chi connectivity index (χ2v) is 7.74. The third kappa shape index (κ3) is 4.33. The molecule has 156 valence electrons. The Morgan fingerprint density at radius 2 is 2.00 bits per heavy atom. The molecular formula is C22H27NO6. The van der Waals surface area contributed by atoms with Gasteiger partial charge in [-0.25, -0.2) is 4.79 Å². The molecule has 1 aromatic rings. The van der Waals surface area contributed by atoms with Crippen LogP contribution in [0.25, 0.3) is 0 Å². The van der Waals surface area contributed by atoms with Crippen LogP contribution in [0.2, 0.25) is 0 Å². The fourth-order valence-corrected chi connectivity index (χ4v) is 4.33. The van der Waals surface area contributed by atoms with Crippen molar-refractivity contribution in [3.05, 3.63) is 30.0 Å². The molecule has 4 rings (SSSR count). The average Bonchev–Trinajstić information content (AvgIpc) is 3.12. The van der Waals surface area contributed by atoms with Crippen molar-refractivity contribution in [1.82, 2.24) is 4.90 Å². The Bertz CT molecular complexity index is 798. The van der Waals surface area contributed by atoms with E-state index in [4.69, 9.17) is 18.9 Å². The van der Waals surface area contributed by atoms with Crippen molar-refractivity contribution in [2.45, 2.75) is 44.6 Å². The summed E-state index contributed by atoms with van der Waals surface area (Å²) in [5.41, 5.74) is 0. The van der Waals surface area contributed by atoms with Crippen LogP contribution < -0.4 is 14.2 Å². The smallest absolute Gasteiger partial charge is 0.328 e. The number of hydrogen-bond donors (Lipinski definition) is 0. The minimum absolute atomic E-state index is 0.229. The summed E-state index contributed by atoms with van der Waals surface area (Å²) >= 11 is 0. The molecule has 7 heteroatoms. The van der Waals surface area contributed by atoms with Crippen molar-refractivity contribution in [1.29, 1.82) is 0 Å². The summed E-state index contributed by atoms with van der Waals surface area (Å²) in [4.78, 5) is 26.7. The lowest BCUT2D eigenvalue weighted by atomic mass is 9.84. The molecule has 0 aromatic heterocycles. The summed E-state index contributed by atoms with van der Waals surface area (Å²) in [7, 11) is 1.37. The number of hydrogen-bond acceptors (Lipinski definition) is 6. The van der Waals surface area contributed by atoms with Crippen LogP contribution in [0, 0.1) is 5.92 Å². The summed E-state index contributed by atoms with van der Waals surface area (Å²) in [6, 6.07) is 4.83. The molecule has 3 aliphatic rings. The van der Waals surface area contributed by atoms with E-state index >= 15 is 0 Å². The fourth-order valence-electron chi connectivity index (χ4n) is 4.33. The Labute approximate surface area is 170 Å². The highest BCUT2D eigenvalue weighted by Crippen LogP contribution is 2.40. The number of para-hydroxylation sites is 1. The number of esters is 1. The Hall–Kier alpha value is -2.70. The summed E-state index contributed by atoms with van der Waals surface area (Å²) in [6.07, 6.45) is 7.88.